The molecule has 0 aliphatic rings. The van der Waals surface area contributed by atoms with E-state index in [1.165, 1.54) is 31.4 Å². The molecule has 0 amide bonds. The number of nitrogens with zero attached hydrogens (tertiary/aromatic N) is 1. The normalized spacial score (nSPS) is 10.4. The van der Waals surface area contributed by atoms with Gasteiger partial charge < -0.3 is 5.32 Å². The molecular formula is C12H19ClN2S. The minimum atomic E-state index is 0.546. The number of hydrogen-bond donors (Lipinski definition) is 1. The Kier molecular flexibility index (Phi) is 7.43. The van der Waals surface area contributed by atoms with Crippen molar-refractivity contribution in [1.82, 2.24) is 4.98 Å². The lowest BCUT2D eigenvalue weighted by atomic mass is 10.2. The lowest BCUT2D eigenvalue weighted by Gasteiger charge is -2.05. The van der Waals surface area contributed by atoms with Gasteiger partial charge >= 0.3 is 0 Å². The Bertz CT molecular complexity index is 294. The minimum absolute atomic E-state index is 0.546. The Morgan fingerprint density at radius 3 is 2.81 bits per heavy atom. The number of aromatic nitrogens is 1. The summed E-state index contributed by atoms with van der Waals surface area (Å²) < 4.78 is 0. The zero-order valence-corrected chi connectivity index (χ0v) is 11.3. The molecule has 16 heavy (non-hydrogen) atoms. The number of halogens is 1. The Morgan fingerprint density at radius 2 is 2.06 bits per heavy atom. The molecule has 4 heteroatoms. The van der Waals surface area contributed by atoms with Gasteiger partial charge in [0.15, 0.2) is 0 Å². The van der Waals surface area contributed by atoms with Gasteiger partial charge in [-0.2, -0.15) is 11.8 Å². The van der Waals surface area contributed by atoms with Crippen LogP contribution in [0.25, 0.3) is 0 Å². The standard InChI is InChI=1S/C12H19ClN2S/c1-16-10-5-3-2-4-9-14-12-8-6-7-11(13)15-12/h6-8H,2-5,9-10H2,1H3,(H,14,15). The van der Waals surface area contributed by atoms with E-state index in [-0.39, 0.29) is 0 Å². The molecule has 1 heterocycles. The van der Waals surface area contributed by atoms with Gasteiger partial charge in [0.05, 0.1) is 0 Å². The summed E-state index contributed by atoms with van der Waals surface area (Å²) in [5.41, 5.74) is 0. The van der Waals surface area contributed by atoms with E-state index < -0.39 is 0 Å². The van der Waals surface area contributed by atoms with Crippen LogP contribution in [-0.4, -0.2) is 23.5 Å². The van der Waals surface area contributed by atoms with E-state index in [0.29, 0.717) is 5.15 Å². The van der Waals surface area contributed by atoms with Gasteiger partial charge in [0.25, 0.3) is 0 Å². The highest BCUT2D eigenvalue weighted by molar-refractivity contribution is 7.98. The van der Waals surface area contributed by atoms with Crippen molar-refractivity contribution in [3.63, 3.8) is 0 Å². The SMILES string of the molecule is CSCCCCCCNc1cccc(Cl)n1. The van der Waals surface area contributed by atoms with Crippen LogP contribution in [0.5, 0.6) is 0 Å². The second-order valence-electron chi connectivity index (χ2n) is 3.68. The van der Waals surface area contributed by atoms with Crippen LogP contribution < -0.4 is 5.32 Å². The fourth-order valence-electron chi connectivity index (χ4n) is 1.45. The van der Waals surface area contributed by atoms with Gasteiger partial charge in [0.2, 0.25) is 0 Å². The molecule has 0 unspecified atom stereocenters. The van der Waals surface area contributed by atoms with Crippen LogP contribution in [0.2, 0.25) is 5.15 Å². The predicted octanol–water partition coefficient (Wildman–Crippen LogP) is 4.07. The molecule has 0 aliphatic carbocycles. The fraction of sp³-hybridized carbons (Fsp3) is 0.583. The smallest absolute Gasteiger partial charge is 0.131 e. The Hall–Kier alpha value is -0.410. The second kappa shape index (κ2) is 8.71. The van der Waals surface area contributed by atoms with Crippen LogP contribution in [0.3, 0.4) is 0 Å². The topological polar surface area (TPSA) is 24.9 Å². The average molecular weight is 259 g/mol. The van der Waals surface area contributed by atoms with Crippen molar-refractivity contribution in [1.29, 1.82) is 0 Å². The van der Waals surface area contributed by atoms with Crippen LogP contribution in [0, 0.1) is 0 Å². The molecule has 0 saturated heterocycles. The monoisotopic (exact) mass is 258 g/mol. The van der Waals surface area contributed by atoms with Crippen LogP contribution in [0.1, 0.15) is 25.7 Å². The van der Waals surface area contributed by atoms with Crippen LogP contribution in [0.4, 0.5) is 5.82 Å². The Balaban J connectivity index is 2.03. The van der Waals surface area contributed by atoms with E-state index in [1.54, 1.807) is 6.07 Å². The second-order valence-corrected chi connectivity index (χ2v) is 5.05. The first kappa shape index (κ1) is 13.7. The Morgan fingerprint density at radius 1 is 1.25 bits per heavy atom. The van der Waals surface area contributed by atoms with Crippen molar-refractivity contribution in [3.05, 3.63) is 23.4 Å². The van der Waals surface area contributed by atoms with Crippen molar-refractivity contribution < 1.29 is 0 Å². The summed E-state index contributed by atoms with van der Waals surface area (Å²) in [7, 11) is 0. The number of nitrogens with one attached hydrogen (secondary N) is 1. The third-order valence-electron chi connectivity index (χ3n) is 2.30. The van der Waals surface area contributed by atoms with E-state index >= 15 is 0 Å². The molecule has 0 aromatic carbocycles. The Labute approximate surface area is 107 Å². The third-order valence-corrected chi connectivity index (χ3v) is 3.20. The molecule has 1 aromatic rings. The number of hydrogen-bond acceptors (Lipinski definition) is 3. The van der Waals surface area contributed by atoms with Crippen molar-refractivity contribution in [2.75, 3.05) is 23.9 Å². The maximum Gasteiger partial charge on any atom is 0.131 e. The molecule has 0 atom stereocenters. The van der Waals surface area contributed by atoms with Gasteiger partial charge in [0.1, 0.15) is 11.0 Å². The van der Waals surface area contributed by atoms with Crippen LogP contribution in [-0.2, 0) is 0 Å². The average Bonchev–Trinajstić information content (AvgIpc) is 2.28. The zero-order valence-electron chi connectivity index (χ0n) is 9.71. The van der Waals surface area contributed by atoms with Crippen molar-refractivity contribution >= 4 is 29.2 Å². The molecular weight excluding hydrogens is 240 g/mol. The molecule has 0 aliphatic heterocycles. The number of rotatable bonds is 8. The maximum atomic E-state index is 5.79. The fourth-order valence-corrected chi connectivity index (χ4v) is 2.10. The highest BCUT2D eigenvalue weighted by Gasteiger charge is 1.94. The van der Waals surface area contributed by atoms with Gasteiger partial charge in [-0.3, -0.25) is 0 Å². The first-order valence-corrected chi connectivity index (χ1v) is 7.45. The number of unbranched alkanes of at least 4 members (excludes halogenated alkanes) is 3. The quantitative estimate of drug-likeness (QED) is 0.562. The van der Waals surface area contributed by atoms with E-state index in [9.17, 15) is 0 Å². The predicted molar refractivity (Wildman–Crippen MR) is 74.6 cm³/mol. The molecule has 2 nitrogen and oxygen atoms in total. The highest BCUT2D eigenvalue weighted by atomic mass is 35.5. The molecule has 1 aromatic heterocycles. The summed E-state index contributed by atoms with van der Waals surface area (Å²) in [4.78, 5) is 4.17. The van der Waals surface area contributed by atoms with Gasteiger partial charge in [-0.15, -0.1) is 0 Å². The van der Waals surface area contributed by atoms with E-state index in [2.05, 4.69) is 16.6 Å². The van der Waals surface area contributed by atoms with E-state index in [4.69, 9.17) is 11.6 Å². The maximum absolute atomic E-state index is 5.79. The minimum Gasteiger partial charge on any atom is -0.370 e. The lowest BCUT2D eigenvalue weighted by molar-refractivity contribution is 0.688. The van der Waals surface area contributed by atoms with Gasteiger partial charge in [-0.25, -0.2) is 4.98 Å². The van der Waals surface area contributed by atoms with Crippen molar-refractivity contribution in [2.24, 2.45) is 0 Å². The highest BCUT2D eigenvalue weighted by Crippen LogP contribution is 2.10. The van der Waals surface area contributed by atoms with Crippen molar-refractivity contribution in [3.8, 4) is 0 Å². The summed E-state index contributed by atoms with van der Waals surface area (Å²) in [6.45, 7) is 0.979. The summed E-state index contributed by atoms with van der Waals surface area (Å²) in [5.74, 6) is 2.15. The number of pyridine rings is 1. The molecule has 0 radical (unpaired) electrons. The largest absolute Gasteiger partial charge is 0.370 e. The first-order valence-electron chi connectivity index (χ1n) is 5.68. The van der Waals surface area contributed by atoms with E-state index in [1.807, 2.05) is 23.9 Å². The molecule has 0 bridgehead atoms. The summed E-state index contributed by atoms with van der Waals surface area (Å²) in [5, 5.41) is 3.82. The van der Waals surface area contributed by atoms with Crippen molar-refractivity contribution in [2.45, 2.75) is 25.7 Å². The summed E-state index contributed by atoms with van der Waals surface area (Å²) in [6, 6.07) is 5.64. The van der Waals surface area contributed by atoms with Crippen LogP contribution in [0.15, 0.2) is 18.2 Å². The molecule has 1 rings (SSSR count). The van der Waals surface area contributed by atoms with E-state index in [0.717, 1.165) is 12.4 Å². The zero-order chi connectivity index (χ0) is 11.6. The van der Waals surface area contributed by atoms with Crippen LogP contribution >= 0.6 is 23.4 Å². The van der Waals surface area contributed by atoms with Gasteiger partial charge in [-0.1, -0.05) is 30.5 Å². The number of thioether (sulfide) groups is 1. The summed E-state index contributed by atoms with van der Waals surface area (Å²) >= 11 is 7.71. The number of anilines is 1. The van der Waals surface area contributed by atoms with Gasteiger partial charge in [-0.05, 0) is 37.0 Å². The third kappa shape index (κ3) is 6.23. The molecule has 0 spiro atoms. The molecule has 1 N–H and O–H groups in total. The molecule has 0 fully saturated rings. The lowest BCUT2D eigenvalue weighted by Crippen LogP contribution is -2.03. The summed E-state index contributed by atoms with van der Waals surface area (Å²) in [6.07, 6.45) is 7.30. The van der Waals surface area contributed by atoms with Gasteiger partial charge in [0, 0.05) is 6.54 Å². The molecule has 90 valence electrons. The molecule has 0 saturated carbocycles. The first-order chi connectivity index (χ1) is 7.83.